The molecule has 2 aromatic rings. The number of fused-ring (bicyclic) bond motifs is 1. The number of hydrogen-bond donors (Lipinski definition) is 0. The normalized spacial score (nSPS) is 10.2. The largest absolute Gasteiger partial charge is 0.272 e. The highest BCUT2D eigenvalue weighted by atomic mass is 15.2. The Labute approximate surface area is 51.2 Å². The Morgan fingerprint density at radius 1 is 1.33 bits per heavy atom. The zero-order valence-electron chi connectivity index (χ0n) is 4.60. The Morgan fingerprint density at radius 3 is 3.22 bits per heavy atom. The molecule has 0 amide bonds. The van der Waals surface area contributed by atoms with Crippen LogP contribution < -0.4 is 0 Å². The van der Waals surface area contributed by atoms with Gasteiger partial charge >= 0.3 is 0 Å². The molecule has 0 unspecified atom stereocenters. The van der Waals surface area contributed by atoms with Crippen molar-refractivity contribution >= 4 is 5.65 Å². The standard InChI is InChI=1S/C5H4N4/c1-2-6-3-9-4-7-8-5(1)9/h1-4H. The minimum atomic E-state index is 0.824. The molecule has 9 heavy (non-hydrogen) atoms. The van der Waals surface area contributed by atoms with E-state index in [1.807, 2.05) is 0 Å². The summed E-state index contributed by atoms with van der Waals surface area (Å²) in [6.07, 6.45) is 4.96. The van der Waals surface area contributed by atoms with E-state index in [2.05, 4.69) is 15.2 Å². The lowest BCUT2D eigenvalue weighted by Gasteiger charge is -1.83. The van der Waals surface area contributed by atoms with Crippen LogP contribution in [0.25, 0.3) is 5.65 Å². The zero-order chi connectivity index (χ0) is 6.10. The first-order chi connectivity index (χ1) is 4.47. The molecular formula is C5H4N4. The molecule has 2 aromatic heterocycles. The van der Waals surface area contributed by atoms with Crippen molar-refractivity contribution in [2.24, 2.45) is 0 Å². The minimum absolute atomic E-state index is 0.824. The summed E-state index contributed by atoms with van der Waals surface area (Å²) in [4.78, 5) is 3.87. The lowest BCUT2D eigenvalue weighted by molar-refractivity contribution is 1.07. The summed E-state index contributed by atoms with van der Waals surface area (Å²) in [7, 11) is 0. The first-order valence-corrected chi connectivity index (χ1v) is 2.56. The quantitative estimate of drug-likeness (QED) is 0.496. The van der Waals surface area contributed by atoms with Gasteiger partial charge in [0.25, 0.3) is 0 Å². The van der Waals surface area contributed by atoms with Gasteiger partial charge in [-0.05, 0) is 0 Å². The molecule has 0 N–H and O–H groups in total. The SMILES string of the molecule is c1cc2nncn2cn1. The average molecular weight is 120 g/mol. The molecule has 0 aliphatic heterocycles. The Kier molecular flexibility index (Phi) is 0.745. The molecule has 2 rings (SSSR count). The van der Waals surface area contributed by atoms with Gasteiger partial charge in [0, 0.05) is 12.3 Å². The molecule has 4 nitrogen and oxygen atoms in total. The molecule has 0 spiro atoms. The van der Waals surface area contributed by atoms with E-state index < -0.39 is 0 Å². The second kappa shape index (κ2) is 1.51. The molecule has 0 fully saturated rings. The summed E-state index contributed by atoms with van der Waals surface area (Å²) in [5.41, 5.74) is 0.824. The van der Waals surface area contributed by atoms with Crippen LogP contribution in [0, 0.1) is 0 Å². The van der Waals surface area contributed by atoms with Gasteiger partial charge in [0.15, 0.2) is 5.65 Å². The van der Waals surface area contributed by atoms with Crippen LogP contribution in [0.5, 0.6) is 0 Å². The minimum Gasteiger partial charge on any atom is -0.272 e. The molecule has 0 radical (unpaired) electrons. The summed E-state index contributed by atoms with van der Waals surface area (Å²) < 4.78 is 1.75. The van der Waals surface area contributed by atoms with Crippen molar-refractivity contribution < 1.29 is 0 Å². The van der Waals surface area contributed by atoms with Gasteiger partial charge in [0.2, 0.25) is 0 Å². The first kappa shape index (κ1) is 4.43. The molecule has 0 bridgehead atoms. The third kappa shape index (κ3) is 0.561. The maximum atomic E-state index is 3.87. The van der Waals surface area contributed by atoms with Crippen LogP contribution in [-0.2, 0) is 0 Å². The molecule has 0 aliphatic carbocycles. The fourth-order valence-corrected chi connectivity index (χ4v) is 0.680. The second-order valence-electron chi connectivity index (χ2n) is 1.68. The van der Waals surface area contributed by atoms with Gasteiger partial charge in [0.05, 0.1) is 0 Å². The van der Waals surface area contributed by atoms with E-state index in [-0.39, 0.29) is 0 Å². The molecule has 44 valence electrons. The number of nitrogens with zero attached hydrogens (tertiary/aromatic N) is 4. The van der Waals surface area contributed by atoms with Crippen molar-refractivity contribution in [2.75, 3.05) is 0 Å². The molecule has 2 heterocycles. The van der Waals surface area contributed by atoms with Gasteiger partial charge in [0.1, 0.15) is 12.7 Å². The second-order valence-corrected chi connectivity index (χ2v) is 1.68. The van der Waals surface area contributed by atoms with E-state index in [9.17, 15) is 0 Å². The molecule has 0 atom stereocenters. The monoisotopic (exact) mass is 120 g/mol. The van der Waals surface area contributed by atoms with Crippen molar-refractivity contribution in [1.82, 2.24) is 19.6 Å². The third-order valence-electron chi connectivity index (χ3n) is 1.10. The van der Waals surface area contributed by atoms with E-state index >= 15 is 0 Å². The highest BCUT2D eigenvalue weighted by Crippen LogP contribution is 1.91. The van der Waals surface area contributed by atoms with Gasteiger partial charge in [-0.3, -0.25) is 4.40 Å². The van der Waals surface area contributed by atoms with Crippen LogP contribution in [0.3, 0.4) is 0 Å². The van der Waals surface area contributed by atoms with Crippen LogP contribution in [0.2, 0.25) is 0 Å². The molecule has 0 aromatic carbocycles. The zero-order valence-corrected chi connectivity index (χ0v) is 4.60. The summed E-state index contributed by atoms with van der Waals surface area (Å²) in [5, 5.41) is 7.47. The highest BCUT2D eigenvalue weighted by molar-refractivity contribution is 5.32. The fraction of sp³-hybridized carbons (Fsp3) is 0. The number of hydrogen-bond acceptors (Lipinski definition) is 3. The maximum absolute atomic E-state index is 3.87. The van der Waals surface area contributed by atoms with E-state index in [0.29, 0.717) is 0 Å². The maximum Gasteiger partial charge on any atom is 0.163 e. The number of rotatable bonds is 0. The van der Waals surface area contributed by atoms with Crippen LogP contribution >= 0.6 is 0 Å². The van der Waals surface area contributed by atoms with Crippen LogP contribution in [0.15, 0.2) is 24.9 Å². The lowest BCUT2D eigenvalue weighted by Crippen LogP contribution is -1.81. The predicted octanol–water partition coefficient (Wildman–Crippen LogP) is 0.124. The van der Waals surface area contributed by atoms with E-state index in [1.54, 1.807) is 29.3 Å². The molecule has 0 saturated heterocycles. The Morgan fingerprint density at radius 2 is 2.33 bits per heavy atom. The van der Waals surface area contributed by atoms with Crippen molar-refractivity contribution in [3.8, 4) is 0 Å². The first-order valence-electron chi connectivity index (χ1n) is 2.56. The Bertz CT molecular complexity index is 283. The van der Waals surface area contributed by atoms with Crippen LogP contribution in [0.1, 0.15) is 0 Å². The lowest BCUT2D eigenvalue weighted by atomic mass is 10.6. The smallest absolute Gasteiger partial charge is 0.163 e. The summed E-state index contributed by atoms with van der Waals surface area (Å²) in [5.74, 6) is 0. The van der Waals surface area contributed by atoms with E-state index in [1.165, 1.54) is 0 Å². The van der Waals surface area contributed by atoms with Crippen LogP contribution in [0.4, 0.5) is 0 Å². The third-order valence-corrected chi connectivity index (χ3v) is 1.10. The van der Waals surface area contributed by atoms with Crippen molar-refractivity contribution in [3.63, 3.8) is 0 Å². The van der Waals surface area contributed by atoms with Crippen molar-refractivity contribution in [1.29, 1.82) is 0 Å². The van der Waals surface area contributed by atoms with Gasteiger partial charge in [-0.25, -0.2) is 4.98 Å². The summed E-state index contributed by atoms with van der Waals surface area (Å²) in [6.45, 7) is 0. The van der Waals surface area contributed by atoms with Gasteiger partial charge in [-0.2, -0.15) is 0 Å². The molecular weight excluding hydrogens is 116 g/mol. The number of aromatic nitrogens is 4. The van der Waals surface area contributed by atoms with Crippen LogP contribution in [-0.4, -0.2) is 19.6 Å². The van der Waals surface area contributed by atoms with Gasteiger partial charge < -0.3 is 0 Å². The Hall–Kier alpha value is -1.45. The summed E-state index contributed by atoms with van der Waals surface area (Å²) >= 11 is 0. The average Bonchev–Trinajstić information content (AvgIpc) is 2.33. The molecule has 4 heteroatoms. The summed E-state index contributed by atoms with van der Waals surface area (Å²) in [6, 6.07) is 1.80. The van der Waals surface area contributed by atoms with Crippen molar-refractivity contribution in [2.45, 2.75) is 0 Å². The Balaban J connectivity index is 2.95. The van der Waals surface area contributed by atoms with Gasteiger partial charge in [-0.1, -0.05) is 0 Å². The molecule has 0 aliphatic rings. The highest BCUT2D eigenvalue weighted by Gasteiger charge is 1.88. The fourth-order valence-electron chi connectivity index (χ4n) is 0.680. The molecule has 0 saturated carbocycles. The van der Waals surface area contributed by atoms with E-state index in [0.717, 1.165) is 5.65 Å². The van der Waals surface area contributed by atoms with E-state index in [4.69, 9.17) is 0 Å². The topological polar surface area (TPSA) is 43.1 Å². The van der Waals surface area contributed by atoms with Crippen molar-refractivity contribution in [3.05, 3.63) is 24.9 Å². The van der Waals surface area contributed by atoms with Gasteiger partial charge in [-0.15, -0.1) is 10.2 Å². The predicted molar refractivity (Wildman–Crippen MR) is 30.8 cm³/mol.